The Morgan fingerprint density at radius 3 is 2.09 bits per heavy atom. The number of amides is 1. The Hall–Kier alpha value is -4.31. The van der Waals surface area contributed by atoms with Crippen molar-refractivity contribution in [2.45, 2.75) is 0 Å². The SMILES string of the molecule is CS(=O)(=O)Nc1ccccc1C(=O)OCC(=O)Nc1cccc2c1C(=O)c1ccccc1C2=O. The highest BCUT2D eigenvalue weighted by atomic mass is 32.2. The third kappa shape index (κ3) is 4.57. The van der Waals surface area contributed by atoms with Crippen LogP contribution >= 0.6 is 0 Å². The van der Waals surface area contributed by atoms with E-state index in [4.69, 9.17) is 4.74 Å². The molecule has 1 aliphatic carbocycles. The van der Waals surface area contributed by atoms with Crippen molar-refractivity contribution < 1.29 is 32.3 Å². The molecule has 0 fully saturated rings. The molecule has 34 heavy (non-hydrogen) atoms. The van der Waals surface area contributed by atoms with Crippen molar-refractivity contribution in [2.75, 3.05) is 22.9 Å². The lowest BCUT2D eigenvalue weighted by molar-refractivity contribution is -0.119. The normalized spacial score (nSPS) is 12.4. The smallest absolute Gasteiger partial charge is 0.340 e. The van der Waals surface area contributed by atoms with Crippen LogP contribution in [-0.2, 0) is 19.6 Å². The van der Waals surface area contributed by atoms with Crippen LogP contribution in [0, 0.1) is 0 Å². The zero-order valence-corrected chi connectivity index (χ0v) is 18.6. The number of anilines is 2. The first-order valence-corrected chi connectivity index (χ1v) is 11.9. The first-order valence-electron chi connectivity index (χ1n) is 10.0. The molecule has 0 saturated carbocycles. The van der Waals surface area contributed by atoms with Gasteiger partial charge in [0.25, 0.3) is 5.91 Å². The molecule has 0 unspecified atom stereocenters. The van der Waals surface area contributed by atoms with Gasteiger partial charge in [-0.05, 0) is 18.2 Å². The summed E-state index contributed by atoms with van der Waals surface area (Å²) in [5.74, 6) is -2.40. The lowest BCUT2D eigenvalue weighted by Crippen LogP contribution is -2.26. The molecule has 0 spiro atoms. The standard InChI is InChI=1S/C24H18N2O7S/c1-34(31,32)26-18-11-5-4-9-16(18)24(30)33-13-20(27)25-19-12-6-10-17-21(19)23(29)15-8-3-2-7-14(15)22(17)28/h2-12,26H,13H2,1H3,(H,25,27). The molecule has 0 bridgehead atoms. The number of fused-ring (bicyclic) bond motifs is 2. The highest BCUT2D eigenvalue weighted by Crippen LogP contribution is 2.31. The molecular formula is C24H18N2O7S. The molecule has 2 N–H and O–H groups in total. The van der Waals surface area contributed by atoms with Crippen LogP contribution in [-0.4, -0.2) is 44.7 Å². The summed E-state index contributed by atoms with van der Waals surface area (Å²) in [5, 5.41) is 2.51. The first-order chi connectivity index (χ1) is 16.2. The number of hydrogen-bond acceptors (Lipinski definition) is 7. The number of sulfonamides is 1. The number of esters is 1. The van der Waals surface area contributed by atoms with E-state index in [2.05, 4.69) is 10.0 Å². The van der Waals surface area contributed by atoms with Crippen LogP contribution in [0.15, 0.2) is 66.7 Å². The van der Waals surface area contributed by atoms with E-state index in [0.717, 1.165) is 6.26 Å². The highest BCUT2D eigenvalue weighted by molar-refractivity contribution is 7.92. The Morgan fingerprint density at radius 1 is 0.794 bits per heavy atom. The van der Waals surface area contributed by atoms with Crippen LogP contribution < -0.4 is 10.0 Å². The molecule has 0 saturated heterocycles. The van der Waals surface area contributed by atoms with E-state index in [1.807, 2.05) is 0 Å². The van der Waals surface area contributed by atoms with E-state index in [-0.39, 0.29) is 39.4 Å². The number of rotatable bonds is 6. The zero-order valence-electron chi connectivity index (χ0n) is 17.8. The summed E-state index contributed by atoms with van der Waals surface area (Å²) in [6, 6.07) is 16.7. The Balaban J connectivity index is 1.50. The highest BCUT2D eigenvalue weighted by Gasteiger charge is 2.31. The monoisotopic (exact) mass is 478 g/mol. The number of nitrogens with one attached hydrogen (secondary N) is 2. The minimum absolute atomic E-state index is 0.00955. The maximum atomic E-state index is 13.0. The van der Waals surface area contributed by atoms with E-state index < -0.39 is 34.3 Å². The summed E-state index contributed by atoms with van der Waals surface area (Å²) in [5.41, 5.74) is 0.811. The summed E-state index contributed by atoms with van der Waals surface area (Å²) in [6.07, 6.45) is 0.938. The van der Waals surface area contributed by atoms with Gasteiger partial charge < -0.3 is 10.1 Å². The fourth-order valence-corrected chi connectivity index (χ4v) is 4.17. The van der Waals surface area contributed by atoms with Crippen molar-refractivity contribution in [1.82, 2.24) is 0 Å². The van der Waals surface area contributed by atoms with Gasteiger partial charge in [-0.1, -0.05) is 48.5 Å². The van der Waals surface area contributed by atoms with Crippen LogP contribution in [0.3, 0.4) is 0 Å². The van der Waals surface area contributed by atoms with Crippen molar-refractivity contribution in [1.29, 1.82) is 0 Å². The van der Waals surface area contributed by atoms with Crippen molar-refractivity contribution in [3.05, 3.63) is 94.5 Å². The minimum atomic E-state index is -3.64. The maximum absolute atomic E-state index is 13.0. The van der Waals surface area contributed by atoms with Gasteiger partial charge in [-0.2, -0.15) is 0 Å². The van der Waals surface area contributed by atoms with Crippen molar-refractivity contribution in [3.8, 4) is 0 Å². The Bertz CT molecular complexity index is 1460. The molecule has 10 heteroatoms. The number of carbonyl (C=O) groups is 4. The van der Waals surface area contributed by atoms with Crippen LogP contribution in [0.1, 0.15) is 42.2 Å². The van der Waals surface area contributed by atoms with Crippen LogP contribution in [0.25, 0.3) is 0 Å². The Morgan fingerprint density at radius 2 is 1.38 bits per heavy atom. The molecule has 3 aromatic rings. The fourth-order valence-electron chi connectivity index (χ4n) is 3.59. The van der Waals surface area contributed by atoms with Gasteiger partial charge in [-0.3, -0.25) is 19.1 Å². The van der Waals surface area contributed by atoms with Crippen LogP contribution in [0.2, 0.25) is 0 Å². The zero-order chi connectivity index (χ0) is 24.5. The average molecular weight is 478 g/mol. The number of hydrogen-bond donors (Lipinski definition) is 2. The minimum Gasteiger partial charge on any atom is -0.452 e. The van der Waals surface area contributed by atoms with Gasteiger partial charge in [0.2, 0.25) is 10.0 Å². The maximum Gasteiger partial charge on any atom is 0.340 e. The van der Waals surface area contributed by atoms with Gasteiger partial charge in [-0.25, -0.2) is 13.2 Å². The topological polar surface area (TPSA) is 136 Å². The number of benzene rings is 3. The number of para-hydroxylation sites is 1. The molecule has 0 aromatic heterocycles. The molecule has 3 aromatic carbocycles. The summed E-state index contributed by atoms with van der Waals surface area (Å²) in [4.78, 5) is 50.7. The summed E-state index contributed by atoms with van der Waals surface area (Å²) in [6.45, 7) is -0.700. The predicted molar refractivity (Wildman–Crippen MR) is 124 cm³/mol. The van der Waals surface area contributed by atoms with E-state index >= 15 is 0 Å². The molecule has 1 amide bonds. The van der Waals surface area contributed by atoms with Gasteiger partial charge >= 0.3 is 5.97 Å². The Kier molecular flexibility index (Phi) is 5.99. The second kappa shape index (κ2) is 8.91. The Labute approximate surface area is 194 Å². The number of ketones is 2. The van der Waals surface area contributed by atoms with E-state index in [9.17, 15) is 27.6 Å². The number of ether oxygens (including phenoxy) is 1. The number of carbonyl (C=O) groups excluding carboxylic acids is 4. The summed E-state index contributed by atoms with van der Waals surface area (Å²) in [7, 11) is -3.64. The van der Waals surface area contributed by atoms with Crippen LogP contribution in [0.4, 0.5) is 11.4 Å². The average Bonchev–Trinajstić information content (AvgIpc) is 2.80. The molecule has 0 radical (unpaired) electrons. The molecule has 1 aliphatic rings. The molecular weight excluding hydrogens is 460 g/mol. The predicted octanol–water partition coefficient (Wildman–Crippen LogP) is 2.63. The third-order valence-corrected chi connectivity index (χ3v) is 5.59. The molecule has 9 nitrogen and oxygen atoms in total. The molecule has 0 atom stereocenters. The lowest BCUT2D eigenvalue weighted by atomic mass is 9.83. The van der Waals surface area contributed by atoms with Gasteiger partial charge in [-0.15, -0.1) is 0 Å². The van der Waals surface area contributed by atoms with Crippen molar-refractivity contribution in [3.63, 3.8) is 0 Å². The second-order valence-corrected chi connectivity index (χ2v) is 9.22. The molecule has 172 valence electrons. The van der Waals surface area contributed by atoms with Gasteiger partial charge in [0.05, 0.1) is 28.8 Å². The third-order valence-electron chi connectivity index (χ3n) is 5.00. The van der Waals surface area contributed by atoms with Gasteiger partial charge in [0.15, 0.2) is 18.2 Å². The van der Waals surface area contributed by atoms with E-state index in [0.29, 0.717) is 5.56 Å². The van der Waals surface area contributed by atoms with Gasteiger partial charge in [0, 0.05) is 16.7 Å². The fraction of sp³-hybridized carbons (Fsp3) is 0.0833. The van der Waals surface area contributed by atoms with E-state index in [1.165, 1.54) is 42.5 Å². The first kappa shape index (κ1) is 22.9. The largest absolute Gasteiger partial charge is 0.452 e. The lowest BCUT2D eigenvalue weighted by Gasteiger charge is -2.20. The summed E-state index contributed by atoms with van der Waals surface area (Å²) >= 11 is 0. The molecule has 0 aliphatic heterocycles. The second-order valence-electron chi connectivity index (χ2n) is 7.48. The quantitative estimate of drug-likeness (QED) is 0.407. The van der Waals surface area contributed by atoms with Crippen LogP contribution in [0.5, 0.6) is 0 Å². The van der Waals surface area contributed by atoms with E-state index in [1.54, 1.807) is 24.3 Å². The van der Waals surface area contributed by atoms with Crippen molar-refractivity contribution >= 4 is 44.8 Å². The molecule has 4 rings (SSSR count). The molecule has 0 heterocycles. The summed E-state index contributed by atoms with van der Waals surface area (Å²) < 4.78 is 30.3. The van der Waals surface area contributed by atoms with Crippen molar-refractivity contribution in [2.24, 2.45) is 0 Å². The van der Waals surface area contributed by atoms with Gasteiger partial charge in [0.1, 0.15) is 0 Å².